The lowest BCUT2D eigenvalue weighted by Crippen LogP contribution is -2.31. The van der Waals surface area contributed by atoms with Crippen LogP contribution in [0.4, 0.5) is 5.69 Å². The molecule has 1 fully saturated rings. The number of methoxy groups -OCH3 is 1. The van der Waals surface area contributed by atoms with Crippen molar-refractivity contribution in [2.24, 2.45) is 5.92 Å². The molecule has 0 saturated carbocycles. The number of anilines is 1. The minimum Gasteiger partial charge on any atom is -0.497 e. The summed E-state index contributed by atoms with van der Waals surface area (Å²) >= 11 is 5.23. The highest BCUT2D eigenvalue weighted by atomic mass is 79.9. The van der Waals surface area contributed by atoms with Crippen LogP contribution in [-0.2, 0) is 4.79 Å². The van der Waals surface area contributed by atoms with Crippen LogP contribution < -0.4 is 15.0 Å². The van der Waals surface area contributed by atoms with Crippen LogP contribution >= 0.6 is 27.7 Å². The molecule has 0 aliphatic carbocycles. The number of amides is 1. The maximum atomic E-state index is 12.1. The van der Waals surface area contributed by atoms with Crippen LogP contribution in [0, 0.1) is 5.92 Å². The molecule has 0 aromatic heterocycles. The molecular formula is C21H25BrN2O2S. The number of hydrogen-bond donors (Lipinski definition) is 1. The molecule has 1 aliphatic heterocycles. The van der Waals surface area contributed by atoms with Gasteiger partial charge in [0, 0.05) is 46.9 Å². The molecule has 0 radical (unpaired) electrons. The molecule has 1 heterocycles. The molecule has 1 aliphatic rings. The van der Waals surface area contributed by atoms with E-state index in [9.17, 15) is 4.79 Å². The third kappa shape index (κ3) is 6.18. The van der Waals surface area contributed by atoms with Gasteiger partial charge < -0.3 is 15.0 Å². The Morgan fingerprint density at radius 3 is 2.85 bits per heavy atom. The van der Waals surface area contributed by atoms with E-state index in [0.29, 0.717) is 12.3 Å². The summed E-state index contributed by atoms with van der Waals surface area (Å²) in [5.41, 5.74) is 1.24. The predicted octanol–water partition coefficient (Wildman–Crippen LogP) is 4.58. The fourth-order valence-electron chi connectivity index (χ4n) is 3.19. The van der Waals surface area contributed by atoms with Crippen molar-refractivity contribution >= 4 is 39.3 Å². The van der Waals surface area contributed by atoms with Gasteiger partial charge in [-0.15, -0.1) is 11.8 Å². The van der Waals surface area contributed by atoms with Crippen molar-refractivity contribution < 1.29 is 9.53 Å². The largest absolute Gasteiger partial charge is 0.497 e. The standard InChI is InChI=1S/C21H25BrN2O2S/c1-26-19-5-7-20(8-6-19)27-12-10-21(25)23-14-16-9-11-24(15-16)18-4-2-3-17(22)13-18/h2-8,13,16H,9-12,14-15H2,1H3,(H,23,25). The molecule has 1 N–H and O–H groups in total. The van der Waals surface area contributed by atoms with E-state index in [1.54, 1.807) is 18.9 Å². The van der Waals surface area contributed by atoms with Crippen molar-refractivity contribution in [1.82, 2.24) is 5.32 Å². The number of carbonyl (C=O) groups is 1. The second-order valence-electron chi connectivity index (χ2n) is 6.66. The highest BCUT2D eigenvalue weighted by Crippen LogP contribution is 2.26. The first-order chi connectivity index (χ1) is 13.1. The van der Waals surface area contributed by atoms with Gasteiger partial charge in [0.2, 0.25) is 5.91 Å². The monoisotopic (exact) mass is 448 g/mol. The lowest BCUT2D eigenvalue weighted by molar-refractivity contribution is -0.120. The number of carbonyl (C=O) groups excluding carboxylic acids is 1. The van der Waals surface area contributed by atoms with Gasteiger partial charge in [-0.3, -0.25) is 4.79 Å². The van der Waals surface area contributed by atoms with E-state index in [4.69, 9.17) is 4.74 Å². The van der Waals surface area contributed by atoms with Gasteiger partial charge in [-0.25, -0.2) is 0 Å². The summed E-state index contributed by atoms with van der Waals surface area (Å²) in [5.74, 6) is 2.29. The first kappa shape index (κ1) is 20.1. The molecule has 3 rings (SSSR count). The van der Waals surface area contributed by atoms with Gasteiger partial charge in [-0.05, 0) is 54.8 Å². The summed E-state index contributed by atoms with van der Waals surface area (Å²) in [5, 5.41) is 3.10. The predicted molar refractivity (Wildman–Crippen MR) is 116 cm³/mol. The van der Waals surface area contributed by atoms with Gasteiger partial charge in [0.1, 0.15) is 5.75 Å². The average Bonchev–Trinajstić information content (AvgIpc) is 3.16. The Bertz CT molecular complexity index is 754. The number of nitrogens with zero attached hydrogens (tertiary/aromatic N) is 1. The lowest BCUT2D eigenvalue weighted by Gasteiger charge is -2.19. The molecule has 27 heavy (non-hydrogen) atoms. The van der Waals surface area contributed by atoms with Gasteiger partial charge in [-0.1, -0.05) is 22.0 Å². The Morgan fingerprint density at radius 2 is 2.11 bits per heavy atom. The maximum absolute atomic E-state index is 12.1. The summed E-state index contributed by atoms with van der Waals surface area (Å²) < 4.78 is 6.26. The van der Waals surface area contributed by atoms with E-state index in [2.05, 4.69) is 44.3 Å². The SMILES string of the molecule is COc1ccc(SCCC(=O)NCC2CCN(c3cccc(Br)c3)C2)cc1. The summed E-state index contributed by atoms with van der Waals surface area (Å²) in [4.78, 5) is 15.7. The Labute approximate surface area is 173 Å². The number of halogens is 1. The zero-order chi connectivity index (χ0) is 19.1. The Morgan fingerprint density at radius 1 is 1.30 bits per heavy atom. The topological polar surface area (TPSA) is 41.6 Å². The molecule has 1 amide bonds. The maximum Gasteiger partial charge on any atom is 0.220 e. The number of nitrogens with one attached hydrogen (secondary N) is 1. The fraction of sp³-hybridized carbons (Fsp3) is 0.381. The molecule has 2 aromatic carbocycles. The van der Waals surface area contributed by atoms with Gasteiger partial charge in [0.05, 0.1) is 7.11 Å². The zero-order valence-electron chi connectivity index (χ0n) is 15.5. The van der Waals surface area contributed by atoms with Crippen LogP contribution in [0.2, 0.25) is 0 Å². The number of hydrogen-bond acceptors (Lipinski definition) is 4. The molecule has 0 spiro atoms. The fourth-order valence-corrected chi connectivity index (χ4v) is 4.43. The van der Waals surface area contributed by atoms with Crippen LogP contribution in [0.3, 0.4) is 0 Å². The van der Waals surface area contributed by atoms with E-state index in [1.807, 2.05) is 30.3 Å². The molecule has 2 aromatic rings. The number of rotatable bonds is 8. The van der Waals surface area contributed by atoms with E-state index in [0.717, 1.165) is 46.9 Å². The first-order valence-corrected chi connectivity index (χ1v) is 11.0. The Kier molecular flexibility index (Phi) is 7.47. The van der Waals surface area contributed by atoms with Crippen molar-refractivity contribution in [3.05, 3.63) is 53.0 Å². The molecule has 6 heteroatoms. The smallest absolute Gasteiger partial charge is 0.220 e. The molecular weight excluding hydrogens is 424 g/mol. The second kappa shape index (κ2) is 10.0. The average molecular weight is 449 g/mol. The minimum atomic E-state index is 0.136. The van der Waals surface area contributed by atoms with E-state index < -0.39 is 0 Å². The van der Waals surface area contributed by atoms with Crippen molar-refractivity contribution in [2.45, 2.75) is 17.7 Å². The number of benzene rings is 2. The Hall–Kier alpha value is -1.66. The number of thioether (sulfide) groups is 1. The zero-order valence-corrected chi connectivity index (χ0v) is 17.9. The van der Waals surface area contributed by atoms with Crippen molar-refractivity contribution in [3.8, 4) is 5.75 Å². The highest BCUT2D eigenvalue weighted by Gasteiger charge is 2.23. The van der Waals surface area contributed by atoms with E-state index >= 15 is 0 Å². The van der Waals surface area contributed by atoms with Crippen LogP contribution in [-0.4, -0.2) is 38.4 Å². The molecule has 0 bridgehead atoms. The quantitative estimate of drug-likeness (QED) is 0.599. The van der Waals surface area contributed by atoms with Gasteiger partial charge >= 0.3 is 0 Å². The summed E-state index contributed by atoms with van der Waals surface area (Å²) in [6.45, 7) is 2.80. The summed E-state index contributed by atoms with van der Waals surface area (Å²) in [6.07, 6.45) is 1.66. The first-order valence-electron chi connectivity index (χ1n) is 9.18. The van der Waals surface area contributed by atoms with E-state index in [-0.39, 0.29) is 5.91 Å². The summed E-state index contributed by atoms with van der Waals surface area (Å²) in [7, 11) is 1.66. The Balaban J connectivity index is 1.34. The van der Waals surface area contributed by atoms with E-state index in [1.165, 1.54) is 5.69 Å². The van der Waals surface area contributed by atoms with Crippen LogP contribution in [0.25, 0.3) is 0 Å². The van der Waals surface area contributed by atoms with Gasteiger partial charge in [0.25, 0.3) is 0 Å². The van der Waals surface area contributed by atoms with Crippen LogP contribution in [0.5, 0.6) is 5.75 Å². The summed E-state index contributed by atoms with van der Waals surface area (Å²) in [6, 6.07) is 16.3. The third-order valence-corrected chi connectivity index (χ3v) is 6.21. The molecule has 1 unspecified atom stereocenters. The van der Waals surface area contributed by atoms with Crippen LogP contribution in [0.15, 0.2) is 57.9 Å². The van der Waals surface area contributed by atoms with Crippen LogP contribution in [0.1, 0.15) is 12.8 Å². The van der Waals surface area contributed by atoms with Gasteiger partial charge in [-0.2, -0.15) is 0 Å². The van der Waals surface area contributed by atoms with Crippen molar-refractivity contribution in [3.63, 3.8) is 0 Å². The lowest BCUT2D eigenvalue weighted by atomic mass is 10.1. The minimum absolute atomic E-state index is 0.136. The number of ether oxygens (including phenoxy) is 1. The molecule has 144 valence electrons. The molecule has 1 saturated heterocycles. The molecule has 1 atom stereocenters. The van der Waals surface area contributed by atoms with Crippen molar-refractivity contribution in [2.75, 3.05) is 37.4 Å². The van der Waals surface area contributed by atoms with Crippen molar-refractivity contribution in [1.29, 1.82) is 0 Å². The molecule has 4 nitrogen and oxygen atoms in total. The third-order valence-electron chi connectivity index (χ3n) is 4.70. The normalized spacial score (nSPS) is 16.4. The van der Waals surface area contributed by atoms with Gasteiger partial charge in [0.15, 0.2) is 0 Å². The highest BCUT2D eigenvalue weighted by molar-refractivity contribution is 9.10. The second-order valence-corrected chi connectivity index (χ2v) is 8.74.